The van der Waals surface area contributed by atoms with Crippen molar-refractivity contribution >= 4 is 23.4 Å². The smallest absolute Gasteiger partial charge is 0.243 e. The van der Waals surface area contributed by atoms with Crippen LogP contribution in [-0.4, -0.2) is 28.8 Å². The lowest BCUT2D eigenvalue weighted by Crippen LogP contribution is -2.52. The number of nitrogens with one attached hydrogen (secondary N) is 1. The summed E-state index contributed by atoms with van der Waals surface area (Å²) in [5, 5.41) is 3.73. The first kappa shape index (κ1) is 24.9. The minimum absolute atomic E-state index is 0.121. The number of hydrogen-bond donors (Lipinski definition) is 1. The minimum atomic E-state index is -0.740. The molecule has 1 fully saturated rings. The Labute approximate surface area is 211 Å². The van der Waals surface area contributed by atoms with Crippen molar-refractivity contribution in [2.45, 2.75) is 57.2 Å². The van der Waals surface area contributed by atoms with Crippen LogP contribution in [0.1, 0.15) is 42.4 Å². The van der Waals surface area contributed by atoms with Gasteiger partial charge in [0.1, 0.15) is 11.9 Å². The quantitative estimate of drug-likeness (QED) is 0.415. The molecule has 1 atom stereocenters. The van der Waals surface area contributed by atoms with Crippen LogP contribution in [0.5, 0.6) is 0 Å². The van der Waals surface area contributed by atoms with E-state index in [1.807, 2.05) is 42.5 Å². The number of nitrogens with zero attached hydrogens (tertiary/aromatic N) is 1. The van der Waals surface area contributed by atoms with Crippen LogP contribution >= 0.6 is 11.6 Å². The molecule has 6 heteroatoms. The average molecular weight is 493 g/mol. The standard InChI is InChI=1S/C29H30ClFN2O2/c30-24-13-8-11-22(17-24)20-33(28(34)19-23-12-4-7-16-26(23)31)27(18-21-9-2-1-3-10-21)29(35)32-25-14-5-6-15-25/h1-4,7-13,16-17,25,27H,5-6,14-15,18-20H2,(H,32,35). The van der Waals surface area contributed by atoms with Gasteiger partial charge < -0.3 is 10.2 Å². The molecule has 182 valence electrons. The van der Waals surface area contributed by atoms with Crippen LogP contribution in [0.15, 0.2) is 78.9 Å². The Balaban J connectivity index is 1.67. The fourth-order valence-electron chi connectivity index (χ4n) is 4.66. The molecule has 0 heterocycles. The molecule has 35 heavy (non-hydrogen) atoms. The maximum atomic E-state index is 14.4. The molecular formula is C29H30ClFN2O2. The van der Waals surface area contributed by atoms with Crippen LogP contribution in [-0.2, 0) is 29.0 Å². The Morgan fingerprint density at radius 1 is 0.943 bits per heavy atom. The highest BCUT2D eigenvalue weighted by atomic mass is 35.5. The molecule has 3 aromatic carbocycles. The van der Waals surface area contributed by atoms with Gasteiger partial charge in [-0.25, -0.2) is 4.39 Å². The van der Waals surface area contributed by atoms with Crippen LogP contribution in [0.4, 0.5) is 4.39 Å². The number of benzene rings is 3. The van der Waals surface area contributed by atoms with E-state index in [1.54, 1.807) is 35.2 Å². The second-order valence-electron chi connectivity index (χ2n) is 9.12. The molecule has 0 bridgehead atoms. The van der Waals surface area contributed by atoms with Crippen molar-refractivity contribution in [1.29, 1.82) is 0 Å². The van der Waals surface area contributed by atoms with Gasteiger partial charge in [0.05, 0.1) is 6.42 Å². The molecule has 0 aliphatic heterocycles. The lowest BCUT2D eigenvalue weighted by molar-refractivity contribution is -0.141. The van der Waals surface area contributed by atoms with E-state index < -0.39 is 11.9 Å². The van der Waals surface area contributed by atoms with Crippen LogP contribution in [0, 0.1) is 5.82 Å². The van der Waals surface area contributed by atoms with Crippen molar-refractivity contribution in [3.63, 3.8) is 0 Å². The molecule has 1 aliphatic rings. The zero-order valence-corrected chi connectivity index (χ0v) is 20.4. The van der Waals surface area contributed by atoms with Gasteiger partial charge in [-0.15, -0.1) is 0 Å². The summed E-state index contributed by atoms with van der Waals surface area (Å²) in [6.45, 7) is 0.198. The number of hydrogen-bond acceptors (Lipinski definition) is 2. The van der Waals surface area contributed by atoms with Gasteiger partial charge in [0.2, 0.25) is 11.8 Å². The summed E-state index contributed by atoms with van der Waals surface area (Å²) in [5.41, 5.74) is 2.07. The van der Waals surface area contributed by atoms with Crippen molar-refractivity contribution in [2.24, 2.45) is 0 Å². The summed E-state index contributed by atoms with van der Waals surface area (Å²) in [7, 11) is 0. The molecule has 1 saturated carbocycles. The Morgan fingerprint density at radius 2 is 1.63 bits per heavy atom. The molecular weight excluding hydrogens is 463 g/mol. The summed E-state index contributed by atoms with van der Waals surface area (Å²) in [4.78, 5) is 28.9. The van der Waals surface area contributed by atoms with Crippen LogP contribution in [0.25, 0.3) is 0 Å². The second kappa shape index (κ2) is 12.0. The summed E-state index contributed by atoms with van der Waals surface area (Å²) in [6, 6.07) is 22.6. The number of rotatable bonds is 9. The molecule has 2 amide bonds. The van der Waals surface area contributed by atoms with E-state index in [4.69, 9.17) is 11.6 Å². The number of carbonyl (C=O) groups is 2. The number of carbonyl (C=O) groups excluding carboxylic acids is 2. The average Bonchev–Trinajstić information content (AvgIpc) is 3.36. The number of amides is 2. The Bertz CT molecular complexity index is 1150. The predicted octanol–water partition coefficient (Wildman–Crippen LogP) is 5.72. The van der Waals surface area contributed by atoms with E-state index in [9.17, 15) is 14.0 Å². The fourth-order valence-corrected chi connectivity index (χ4v) is 4.87. The van der Waals surface area contributed by atoms with Gasteiger partial charge in [0.25, 0.3) is 0 Å². The van der Waals surface area contributed by atoms with E-state index in [-0.39, 0.29) is 30.8 Å². The first-order valence-electron chi connectivity index (χ1n) is 12.1. The predicted molar refractivity (Wildman–Crippen MR) is 136 cm³/mol. The van der Waals surface area contributed by atoms with Gasteiger partial charge in [0, 0.05) is 24.0 Å². The van der Waals surface area contributed by atoms with Gasteiger partial charge in [-0.2, -0.15) is 0 Å². The normalized spacial score (nSPS) is 14.5. The van der Waals surface area contributed by atoms with E-state index in [0.29, 0.717) is 17.0 Å². The first-order chi connectivity index (χ1) is 17.0. The van der Waals surface area contributed by atoms with Crippen molar-refractivity contribution in [1.82, 2.24) is 10.2 Å². The lowest BCUT2D eigenvalue weighted by Gasteiger charge is -2.32. The third-order valence-electron chi connectivity index (χ3n) is 6.51. The van der Waals surface area contributed by atoms with E-state index >= 15 is 0 Å². The molecule has 0 spiro atoms. The minimum Gasteiger partial charge on any atom is -0.352 e. The number of halogens is 2. The monoisotopic (exact) mass is 492 g/mol. The van der Waals surface area contributed by atoms with Crippen LogP contribution in [0.2, 0.25) is 5.02 Å². The molecule has 0 radical (unpaired) electrons. The third kappa shape index (κ3) is 6.92. The molecule has 1 N–H and O–H groups in total. The highest BCUT2D eigenvalue weighted by molar-refractivity contribution is 6.30. The summed E-state index contributed by atoms with van der Waals surface area (Å²) in [5.74, 6) is -0.916. The zero-order valence-electron chi connectivity index (χ0n) is 19.6. The van der Waals surface area contributed by atoms with Crippen LogP contribution in [0.3, 0.4) is 0 Å². The molecule has 0 saturated heterocycles. The second-order valence-corrected chi connectivity index (χ2v) is 9.55. The molecule has 4 rings (SSSR count). The maximum absolute atomic E-state index is 14.4. The fraction of sp³-hybridized carbons (Fsp3) is 0.310. The molecule has 1 aliphatic carbocycles. The Kier molecular flexibility index (Phi) is 8.54. The lowest BCUT2D eigenvalue weighted by atomic mass is 10.0. The van der Waals surface area contributed by atoms with E-state index in [0.717, 1.165) is 36.8 Å². The topological polar surface area (TPSA) is 49.4 Å². The molecule has 4 nitrogen and oxygen atoms in total. The van der Waals surface area contributed by atoms with Gasteiger partial charge in [0.15, 0.2) is 0 Å². The summed E-state index contributed by atoms with van der Waals surface area (Å²) < 4.78 is 14.4. The third-order valence-corrected chi connectivity index (χ3v) is 6.75. The van der Waals surface area contributed by atoms with Crippen LogP contribution < -0.4 is 5.32 Å². The maximum Gasteiger partial charge on any atom is 0.243 e. The largest absolute Gasteiger partial charge is 0.352 e. The Hall–Kier alpha value is -3.18. The SMILES string of the molecule is O=C(NC1CCCC1)C(Cc1ccccc1)N(Cc1cccc(Cl)c1)C(=O)Cc1ccccc1F. The van der Waals surface area contributed by atoms with Crippen molar-refractivity contribution in [3.05, 3.63) is 106 Å². The van der Waals surface area contributed by atoms with Crippen molar-refractivity contribution in [3.8, 4) is 0 Å². The van der Waals surface area contributed by atoms with Gasteiger partial charge in [-0.05, 0) is 47.7 Å². The zero-order chi connectivity index (χ0) is 24.6. The van der Waals surface area contributed by atoms with E-state index in [2.05, 4.69) is 5.32 Å². The van der Waals surface area contributed by atoms with Crippen molar-refractivity contribution in [2.75, 3.05) is 0 Å². The molecule has 1 unspecified atom stereocenters. The summed E-state index contributed by atoms with van der Waals surface area (Å²) in [6.07, 6.45) is 4.31. The highest BCUT2D eigenvalue weighted by Crippen LogP contribution is 2.22. The van der Waals surface area contributed by atoms with Crippen molar-refractivity contribution < 1.29 is 14.0 Å². The van der Waals surface area contributed by atoms with Gasteiger partial charge in [-0.3, -0.25) is 9.59 Å². The van der Waals surface area contributed by atoms with Gasteiger partial charge >= 0.3 is 0 Å². The Morgan fingerprint density at radius 3 is 2.34 bits per heavy atom. The summed E-state index contributed by atoms with van der Waals surface area (Å²) >= 11 is 6.21. The first-order valence-corrected chi connectivity index (χ1v) is 12.5. The van der Waals surface area contributed by atoms with Gasteiger partial charge in [-0.1, -0.05) is 85.1 Å². The van der Waals surface area contributed by atoms with E-state index in [1.165, 1.54) is 6.07 Å². The highest BCUT2D eigenvalue weighted by Gasteiger charge is 2.32. The molecule has 0 aromatic heterocycles. The molecule has 3 aromatic rings.